The van der Waals surface area contributed by atoms with Crippen molar-refractivity contribution < 1.29 is 14.2 Å². The Balaban J connectivity index is 1.94. The third-order valence-electron chi connectivity index (χ3n) is 2.33. The molecule has 16 heavy (non-hydrogen) atoms. The lowest BCUT2D eigenvalue weighted by molar-refractivity contribution is 0.172. The molecule has 0 radical (unpaired) electrons. The summed E-state index contributed by atoms with van der Waals surface area (Å²) in [5, 5.41) is 0. The van der Waals surface area contributed by atoms with E-state index < -0.39 is 0 Å². The molecule has 3 heteroatoms. The van der Waals surface area contributed by atoms with Gasteiger partial charge < -0.3 is 14.2 Å². The van der Waals surface area contributed by atoms with Gasteiger partial charge in [0.05, 0.1) is 0 Å². The fraction of sp³-hybridized carbons (Fsp3) is 0.0769. The molecule has 0 saturated carbocycles. The summed E-state index contributed by atoms with van der Waals surface area (Å²) in [6, 6.07) is 15.2. The molecule has 0 unspecified atom stereocenters. The largest absolute Gasteiger partial charge is 0.453 e. The maximum absolute atomic E-state index is 5.72. The number of rotatable bonds is 2. The van der Waals surface area contributed by atoms with Crippen LogP contribution in [0.5, 0.6) is 23.0 Å². The average Bonchev–Trinajstić information content (AvgIpc) is 2.80. The maximum Gasteiger partial charge on any atom is 0.231 e. The van der Waals surface area contributed by atoms with E-state index in [1.165, 1.54) is 0 Å². The van der Waals surface area contributed by atoms with Gasteiger partial charge in [-0.2, -0.15) is 0 Å². The van der Waals surface area contributed by atoms with E-state index in [9.17, 15) is 0 Å². The summed E-state index contributed by atoms with van der Waals surface area (Å²) in [7, 11) is 0. The molecule has 0 spiro atoms. The summed E-state index contributed by atoms with van der Waals surface area (Å²) in [6.45, 7) is 0.254. The Kier molecular flexibility index (Phi) is 2.14. The van der Waals surface area contributed by atoms with Crippen LogP contribution in [0.1, 0.15) is 0 Å². The second-order valence-corrected chi connectivity index (χ2v) is 3.41. The molecule has 0 aliphatic carbocycles. The predicted molar refractivity (Wildman–Crippen MR) is 59.1 cm³/mol. The van der Waals surface area contributed by atoms with Crippen molar-refractivity contribution in [3.63, 3.8) is 0 Å². The third-order valence-corrected chi connectivity index (χ3v) is 2.33. The molecule has 0 amide bonds. The zero-order valence-corrected chi connectivity index (χ0v) is 8.55. The van der Waals surface area contributed by atoms with E-state index in [-0.39, 0.29) is 6.79 Å². The Hall–Kier alpha value is -2.16. The van der Waals surface area contributed by atoms with Crippen LogP contribution in [0.4, 0.5) is 0 Å². The standard InChI is InChI=1S/C13H10O3/c1-2-5-10(6-3-1)16-12-8-4-7-11-13(12)15-9-14-11/h1-8H,9H2. The number of benzene rings is 2. The predicted octanol–water partition coefficient (Wildman–Crippen LogP) is 3.21. The van der Waals surface area contributed by atoms with Gasteiger partial charge in [0, 0.05) is 0 Å². The molecule has 0 fully saturated rings. The van der Waals surface area contributed by atoms with Crippen LogP contribution in [0, 0.1) is 0 Å². The average molecular weight is 214 g/mol. The summed E-state index contributed by atoms with van der Waals surface area (Å²) >= 11 is 0. The second-order valence-electron chi connectivity index (χ2n) is 3.41. The summed E-state index contributed by atoms with van der Waals surface area (Å²) in [5.41, 5.74) is 0. The van der Waals surface area contributed by atoms with Gasteiger partial charge in [-0.15, -0.1) is 0 Å². The molecule has 3 rings (SSSR count). The molecule has 0 aromatic heterocycles. The zero-order chi connectivity index (χ0) is 10.8. The van der Waals surface area contributed by atoms with Gasteiger partial charge in [-0.25, -0.2) is 0 Å². The lowest BCUT2D eigenvalue weighted by Crippen LogP contribution is -1.93. The zero-order valence-electron chi connectivity index (χ0n) is 8.55. The minimum atomic E-state index is 0.254. The van der Waals surface area contributed by atoms with Gasteiger partial charge in [0.15, 0.2) is 11.5 Å². The van der Waals surface area contributed by atoms with E-state index >= 15 is 0 Å². The lowest BCUT2D eigenvalue weighted by atomic mass is 10.3. The summed E-state index contributed by atoms with van der Waals surface area (Å²) in [4.78, 5) is 0. The van der Waals surface area contributed by atoms with E-state index in [1.807, 2.05) is 48.5 Å². The van der Waals surface area contributed by atoms with E-state index in [2.05, 4.69) is 0 Å². The summed E-state index contributed by atoms with van der Waals surface area (Å²) < 4.78 is 16.3. The van der Waals surface area contributed by atoms with Crippen LogP contribution in [-0.4, -0.2) is 6.79 Å². The first-order valence-corrected chi connectivity index (χ1v) is 5.05. The van der Waals surface area contributed by atoms with Crippen molar-refractivity contribution >= 4 is 0 Å². The van der Waals surface area contributed by atoms with Crippen LogP contribution in [-0.2, 0) is 0 Å². The first-order valence-electron chi connectivity index (χ1n) is 5.05. The molecule has 2 aromatic carbocycles. The number of hydrogen-bond donors (Lipinski definition) is 0. The molecule has 1 aliphatic heterocycles. The van der Waals surface area contributed by atoms with E-state index in [4.69, 9.17) is 14.2 Å². The molecule has 80 valence electrons. The van der Waals surface area contributed by atoms with Crippen molar-refractivity contribution in [2.45, 2.75) is 0 Å². The monoisotopic (exact) mass is 214 g/mol. The van der Waals surface area contributed by atoms with Gasteiger partial charge in [-0.1, -0.05) is 24.3 Å². The van der Waals surface area contributed by atoms with Crippen molar-refractivity contribution in [2.24, 2.45) is 0 Å². The van der Waals surface area contributed by atoms with Crippen molar-refractivity contribution in [3.8, 4) is 23.0 Å². The molecule has 2 aromatic rings. The highest BCUT2D eigenvalue weighted by atomic mass is 16.7. The fourth-order valence-electron chi connectivity index (χ4n) is 1.60. The van der Waals surface area contributed by atoms with E-state index in [0.29, 0.717) is 11.5 Å². The van der Waals surface area contributed by atoms with E-state index in [0.717, 1.165) is 11.5 Å². The van der Waals surface area contributed by atoms with Crippen LogP contribution in [0.25, 0.3) is 0 Å². The third kappa shape index (κ3) is 1.56. The van der Waals surface area contributed by atoms with Crippen molar-refractivity contribution in [1.82, 2.24) is 0 Å². The fourth-order valence-corrected chi connectivity index (χ4v) is 1.60. The topological polar surface area (TPSA) is 27.7 Å². The SMILES string of the molecule is c1ccc(Oc2cccc3c2OCO3)cc1. The van der Waals surface area contributed by atoms with Crippen LogP contribution in [0.15, 0.2) is 48.5 Å². The van der Waals surface area contributed by atoms with Gasteiger partial charge in [0.25, 0.3) is 0 Å². The van der Waals surface area contributed by atoms with Gasteiger partial charge in [0.1, 0.15) is 5.75 Å². The summed E-state index contributed by atoms with van der Waals surface area (Å²) in [5.74, 6) is 2.87. The van der Waals surface area contributed by atoms with Crippen LogP contribution < -0.4 is 14.2 Å². The molecular formula is C13H10O3. The molecule has 0 atom stereocenters. The lowest BCUT2D eigenvalue weighted by Gasteiger charge is -2.07. The number of hydrogen-bond acceptors (Lipinski definition) is 3. The highest BCUT2D eigenvalue weighted by Gasteiger charge is 2.18. The normalized spacial score (nSPS) is 12.5. The molecule has 0 bridgehead atoms. The first kappa shape index (κ1) is 9.09. The molecule has 1 aliphatic rings. The Morgan fingerprint density at radius 1 is 0.875 bits per heavy atom. The molecule has 0 N–H and O–H groups in total. The van der Waals surface area contributed by atoms with Gasteiger partial charge in [-0.05, 0) is 24.3 Å². The van der Waals surface area contributed by atoms with Gasteiger partial charge in [-0.3, -0.25) is 0 Å². The first-order chi connectivity index (χ1) is 7.93. The van der Waals surface area contributed by atoms with Crippen LogP contribution in [0.2, 0.25) is 0 Å². The Bertz CT molecular complexity index is 494. The second kappa shape index (κ2) is 3.77. The van der Waals surface area contributed by atoms with Crippen molar-refractivity contribution in [3.05, 3.63) is 48.5 Å². The number of para-hydroxylation sites is 2. The van der Waals surface area contributed by atoms with E-state index in [1.54, 1.807) is 0 Å². The smallest absolute Gasteiger partial charge is 0.231 e. The maximum atomic E-state index is 5.72. The van der Waals surface area contributed by atoms with Crippen LogP contribution in [0.3, 0.4) is 0 Å². The molecule has 3 nitrogen and oxygen atoms in total. The quantitative estimate of drug-likeness (QED) is 0.768. The molecular weight excluding hydrogens is 204 g/mol. The summed E-state index contributed by atoms with van der Waals surface area (Å²) in [6.07, 6.45) is 0. The van der Waals surface area contributed by atoms with Gasteiger partial charge in [0.2, 0.25) is 12.5 Å². The minimum Gasteiger partial charge on any atom is -0.453 e. The Labute approximate surface area is 93.2 Å². The van der Waals surface area contributed by atoms with Gasteiger partial charge >= 0.3 is 0 Å². The minimum absolute atomic E-state index is 0.254. The number of fused-ring (bicyclic) bond motifs is 1. The number of ether oxygens (including phenoxy) is 3. The molecule has 1 heterocycles. The highest BCUT2D eigenvalue weighted by molar-refractivity contribution is 5.53. The Morgan fingerprint density at radius 2 is 1.75 bits per heavy atom. The highest BCUT2D eigenvalue weighted by Crippen LogP contribution is 2.42. The molecule has 0 saturated heterocycles. The van der Waals surface area contributed by atoms with Crippen LogP contribution >= 0.6 is 0 Å². The van der Waals surface area contributed by atoms with Crippen molar-refractivity contribution in [2.75, 3.05) is 6.79 Å². The Morgan fingerprint density at radius 3 is 2.62 bits per heavy atom. The van der Waals surface area contributed by atoms with Crippen molar-refractivity contribution in [1.29, 1.82) is 0 Å².